The predicted octanol–water partition coefficient (Wildman–Crippen LogP) is 2.85. The molecule has 3 rings (SSSR count). The van der Waals surface area contributed by atoms with E-state index in [-0.39, 0.29) is 11.8 Å². The lowest BCUT2D eigenvalue weighted by molar-refractivity contribution is -0.127. The Labute approximate surface area is 127 Å². The third-order valence-electron chi connectivity index (χ3n) is 3.66. The molecule has 1 fully saturated rings. The number of carbonyl (C=O) groups is 1. The highest BCUT2D eigenvalue weighted by Gasteiger charge is 2.24. The zero-order valence-corrected chi connectivity index (χ0v) is 12.3. The second kappa shape index (κ2) is 6.26. The van der Waals surface area contributed by atoms with E-state index in [9.17, 15) is 4.79 Å². The quantitative estimate of drug-likeness (QED) is 0.922. The molecule has 5 nitrogen and oxygen atoms in total. The number of nitrogens with zero attached hydrogens (tertiary/aromatic N) is 2. The molecule has 0 bridgehead atoms. The van der Waals surface area contributed by atoms with E-state index in [1.54, 1.807) is 12.1 Å². The fourth-order valence-electron chi connectivity index (χ4n) is 2.21. The van der Waals surface area contributed by atoms with Crippen molar-refractivity contribution in [3.8, 4) is 11.4 Å². The van der Waals surface area contributed by atoms with Crippen molar-refractivity contribution in [2.75, 3.05) is 6.54 Å². The topological polar surface area (TPSA) is 68.0 Å². The van der Waals surface area contributed by atoms with Gasteiger partial charge >= 0.3 is 0 Å². The van der Waals surface area contributed by atoms with Gasteiger partial charge in [0.05, 0.1) is 0 Å². The summed E-state index contributed by atoms with van der Waals surface area (Å²) in [6, 6.07) is 7.29. The molecule has 0 radical (unpaired) electrons. The summed E-state index contributed by atoms with van der Waals surface area (Å²) in [4.78, 5) is 16.0. The van der Waals surface area contributed by atoms with Crippen LogP contribution in [0.5, 0.6) is 0 Å². The van der Waals surface area contributed by atoms with Gasteiger partial charge in [0.15, 0.2) is 0 Å². The summed E-state index contributed by atoms with van der Waals surface area (Å²) in [5, 5.41) is 7.46. The van der Waals surface area contributed by atoms with Crippen LogP contribution in [-0.2, 0) is 11.2 Å². The Bertz CT molecular complexity index is 637. The molecule has 1 N–H and O–H groups in total. The fraction of sp³-hybridized carbons (Fsp3) is 0.400. The van der Waals surface area contributed by atoms with Crippen molar-refractivity contribution < 1.29 is 9.32 Å². The second-order valence-corrected chi connectivity index (χ2v) is 5.63. The largest absolute Gasteiger partial charge is 0.355 e. The van der Waals surface area contributed by atoms with Crippen LogP contribution in [0.4, 0.5) is 0 Å². The van der Waals surface area contributed by atoms with E-state index in [2.05, 4.69) is 15.5 Å². The van der Waals surface area contributed by atoms with Crippen LogP contribution < -0.4 is 5.32 Å². The zero-order valence-electron chi connectivity index (χ0n) is 11.5. The first-order valence-electron chi connectivity index (χ1n) is 7.08. The van der Waals surface area contributed by atoms with E-state index in [1.165, 1.54) is 0 Å². The average Bonchev–Trinajstić information content (AvgIpc) is 2.85. The smallest absolute Gasteiger partial charge is 0.228 e. The fourth-order valence-corrected chi connectivity index (χ4v) is 2.40. The molecule has 2 aromatic rings. The van der Waals surface area contributed by atoms with Gasteiger partial charge in [-0.1, -0.05) is 35.3 Å². The molecule has 1 aromatic heterocycles. The molecule has 0 unspecified atom stereocenters. The van der Waals surface area contributed by atoms with Gasteiger partial charge in [-0.3, -0.25) is 4.79 Å². The highest BCUT2D eigenvalue weighted by Crippen LogP contribution is 2.26. The molecule has 1 amide bonds. The number of rotatable bonds is 5. The summed E-state index contributed by atoms with van der Waals surface area (Å²) in [5.74, 6) is 1.36. The van der Waals surface area contributed by atoms with Crippen LogP contribution in [0, 0.1) is 5.92 Å². The molecule has 1 aromatic carbocycles. The third-order valence-corrected chi connectivity index (χ3v) is 3.90. The van der Waals surface area contributed by atoms with Crippen LogP contribution in [0.2, 0.25) is 5.02 Å². The SMILES string of the molecule is O=C(NCCc1nc(-c2cccc(Cl)c2)no1)C1CCC1. The summed E-state index contributed by atoms with van der Waals surface area (Å²) in [6.07, 6.45) is 3.70. The van der Waals surface area contributed by atoms with Gasteiger partial charge < -0.3 is 9.84 Å². The van der Waals surface area contributed by atoms with Crippen molar-refractivity contribution in [1.29, 1.82) is 0 Å². The monoisotopic (exact) mass is 305 g/mol. The first kappa shape index (κ1) is 14.1. The number of nitrogens with one attached hydrogen (secondary N) is 1. The van der Waals surface area contributed by atoms with E-state index < -0.39 is 0 Å². The summed E-state index contributed by atoms with van der Waals surface area (Å²) in [6.45, 7) is 0.520. The highest BCUT2D eigenvalue weighted by molar-refractivity contribution is 6.30. The van der Waals surface area contributed by atoms with E-state index in [0.717, 1.165) is 24.8 Å². The Balaban J connectivity index is 1.54. The first-order valence-corrected chi connectivity index (χ1v) is 7.46. The van der Waals surface area contributed by atoms with Crippen molar-refractivity contribution >= 4 is 17.5 Å². The Morgan fingerprint density at radius 1 is 1.43 bits per heavy atom. The standard InChI is InChI=1S/C15H16ClN3O2/c16-12-6-2-5-11(9-12)14-18-13(21-19-14)7-8-17-15(20)10-3-1-4-10/h2,5-6,9-10H,1,3-4,7-8H2,(H,17,20). The molecule has 0 saturated heterocycles. The van der Waals surface area contributed by atoms with Crippen LogP contribution >= 0.6 is 11.6 Å². The van der Waals surface area contributed by atoms with Crippen LogP contribution in [0.1, 0.15) is 25.2 Å². The molecule has 1 aliphatic rings. The highest BCUT2D eigenvalue weighted by atomic mass is 35.5. The van der Waals surface area contributed by atoms with Gasteiger partial charge in [-0.15, -0.1) is 0 Å². The summed E-state index contributed by atoms with van der Waals surface area (Å²) >= 11 is 5.94. The van der Waals surface area contributed by atoms with E-state index in [4.69, 9.17) is 16.1 Å². The van der Waals surface area contributed by atoms with Gasteiger partial charge in [-0.2, -0.15) is 4.98 Å². The number of hydrogen-bond acceptors (Lipinski definition) is 4. The number of benzene rings is 1. The molecule has 21 heavy (non-hydrogen) atoms. The van der Waals surface area contributed by atoms with Gasteiger partial charge in [0, 0.05) is 29.5 Å². The molecule has 0 atom stereocenters. The number of carbonyl (C=O) groups excluding carboxylic acids is 1. The average molecular weight is 306 g/mol. The summed E-state index contributed by atoms with van der Waals surface area (Å²) in [5.41, 5.74) is 0.816. The third kappa shape index (κ3) is 3.42. The Morgan fingerprint density at radius 3 is 3.00 bits per heavy atom. The predicted molar refractivity (Wildman–Crippen MR) is 78.8 cm³/mol. The first-order chi connectivity index (χ1) is 10.2. The van der Waals surface area contributed by atoms with Gasteiger partial charge in [0.2, 0.25) is 17.6 Å². The maximum atomic E-state index is 11.7. The Hall–Kier alpha value is -1.88. The minimum absolute atomic E-state index is 0.135. The second-order valence-electron chi connectivity index (χ2n) is 5.19. The maximum absolute atomic E-state index is 11.7. The summed E-state index contributed by atoms with van der Waals surface area (Å²) < 4.78 is 5.19. The van der Waals surface area contributed by atoms with Gasteiger partial charge in [-0.25, -0.2) is 0 Å². The van der Waals surface area contributed by atoms with Crippen molar-refractivity contribution in [3.05, 3.63) is 35.2 Å². The maximum Gasteiger partial charge on any atom is 0.228 e. The van der Waals surface area contributed by atoms with Gasteiger partial charge in [-0.05, 0) is 25.0 Å². The number of aromatic nitrogens is 2. The molecule has 1 aliphatic carbocycles. The van der Waals surface area contributed by atoms with Crippen molar-refractivity contribution in [2.24, 2.45) is 5.92 Å². The zero-order chi connectivity index (χ0) is 14.7. The van der Waals surface area contributed by atoms with Crippen molar-refractivity contribution in [3.63, 3.8) is 0 Å². The van der Waals surface area contributed by atoms with Crippen LogP contribution in [0.15, 0.2) is 28.8 Å². The normalized spacial score (nSPS) is 14.7. The summed E-state index contributed by atoms with van der Waals surface area (Å²) in [7, 11) is 0. The van der Waals surface area contributed by atoms with Crippen LogP contribution in [0.25, 0.3) is 11.4 Å². The molecule has 110 valence electrons. The number of amides is 1. The Morgan fingerprint density at radius 2 is 2.29 bits per heavy atom. The minimum atomic E-state index is 0.135. The van der Waals surface area contributed by atoms with Crippen LogP contribution in [-0.4, -0.2) is 22.6 Å². The molecular weight excluding hydrogens is 290 g/mol. The lowest BCUT2D eigenvalue weighted by atomic mass is 9.85. The lowest BCUT2D eigenvalue weighted by Crippen LogP contribution is -2.35. The van der Waals surface area contributed by atoms with Crippen molar-refractivity contribution in [1.82, 2.24) is 15.5 Å². The van der Waals surface area contributed by atoms with Gasteiger partial charge in [0.1, 0.15) is 0 Å². The van der Waals surface area contributed by atoms with E-state index >= 15 is 0 Å². The molecule has 0 aliphatic heterocycles. The van der Waals surface area contributed by atoms with Crippen LogP contribution in [0.3, 0.4) is 0 Å². The molecule has 0 spiro atoms. The molecule has 1 saturated carbocycles. The van der Waals surface area contributed by atoms with E-state index in [1.807, 2.05) is 12.1 Å². The lowest BCUT2D eigenvalue weighted by Gasteiger charge is -2.23. The Kier molecular flexibility index (Phi) is 4.20. The number of hydrogen-bond donors (Lipinski definition) is 1. The van der Waals surface area contributed by atoms with Crippen molar-refractivity contribution in [2.45, 2.75) is 25.7 Å². The molecule has 1 heterocycles. The number of halogens is 1. The molecular formula is C15H16ClN3O2. The van der Waals surface area contributed by atoms with E-state index in [0.29, 0.717) is 29.7 Å². The molecule has 6 heteroatoms. The minimum Gasteiger partial charge on any atom is -0.355 e. The van der Waals surface area contributed by atoms with Gasteiger partial charge in [0.25, 0.3) is 0 Å².